The van der Waals surface area contributed by atoms with Crippen molar-refractivity contribution >= 4 is 21.4 Å². The normalized spacial score (nSPS) is 21.6. The zero-order chi connectivity index (χ0) is 15.3. The molecule has 1 aliphatic carbocycles. The lowest BCUT2D eigenvalue weighted by Crippen LogP contribution is -2.26. The molecule has 1 aromatic carbocycles. The van der Waals surface area contributed by atoms with Crippen LogP contribution in [0.25, 0.3) is 10.1 Å². The van der Waals surface area contributed by atoms with E-state index in [4.69, 9.17) is 0 Å². The van der Waals surface area contributed by atoms with E-state index in [-0.39, 0.29) is 0 Å². The fourth-order valence-corrected chi connectivity index (χ4v) is 5.00. The van der Waals surface area contributed by atoms with E-state index >= 15 is 0 Å². The molecule has 1 aromatic heterocycles. The first-order chi connectivity index (χ1) is 9.91. The van der Waals surface area contributed by atoms with E-state index < -0.39 is 0 Å². The Bertz CT molecular complexity index is 624. The van der Waals surface area contributed by atoms with Crippen molar-refractivity contribution in [3.05, 3.63) is 35.2 Å². The number of thiophene rings is 1. The van der Waals surface area contributed by atoms with Gasteiger partial charge in [-0.15, -0.1) is 11.3 Å². The second-order valence-electron chi connectivity index (χ2n) is 7.54. The van der Waals surface area contributed by atoms with Crippen LogP contribution in [0.5, 0.6) is 0 Å². The van der Waals surface area contributed by atoms with Gasteiger partial charge in [-0.1, -0.05) is 52.8 Å². The molecule has 0 radical (unpaired) electrons. The van der Waals surface area contributed by atoms with Crippen LogP contribution in [0.3, 0.4) is 0 Å². The maximum Gasteiger partial charge on any atom is 0.0390 e. The Labute approximate surface area is 132 Å². The summed E-state index contributed by atoms with van der Waals surface area (Å²) in [5.74, 6) is 0.698. The predicted molar refractivity (Wildman–Crippen MR) is 93.9 cm³/mol. The van der Waals surface area contributed by atoms with Crippen molar-refractivity contribution < 1.29 is 0 Å². The molecular weight excluding hydrogens is 274 g/mol. The number of hydrogen-bond acceptors (Lipinski definition) is 2. The van der Waals surface area contributed by atoms with Gasteiger partial charge in [0, 0.05) is 10.7 Å². The number of fused-ring (bicyclic) bond motifs is 1. The SMILES string of the molecule is CCCNC(c1cccc2ccsc12)C1C(C)(C)C1(C)C. The highest BCUT2D eigenvalue weighted by molar-refractivity contribution is 7.17. The van der Waals surface area contributed by atoms with Crippen LogP contribution >= 0.6 is 11.3 Å². The molecule has 3 rings (SSSR count). The van der Waals surface area contributed by atoms with Crippen molar-refractivity contribution in [1.82, 2.24) is 5.32 Å². The van der Waals surface area contributed by atoms with Gasteiger partial charge >= 0.3 is 0 Å². The second-order valence-corrected chi connectivity index (χ2v) is 8.46. The monoisotopic (exact) mass is 301 g/mol. The first kappa shape index (κ1) is 15.1. The highest BCUT2D eigenvalue weighted by Gasteiger charge is 2.67. The van der Waals surface area contributed by atoms with Gasteiger partial charge in [0.2, 0.25) is 0 Å². The smallest absolute Gasteiger partial charge is 0.0390 e. The molecule has 0 bridgehead atoms. The van der Waals surface area contributed by atoms with E-state index in [1.165, 1.54) is 22.1 Å². The second kappa shape index (κ2) is 5.10. The minimum absolute atomic E-state index is 0.401. The van der Waals surface area contributed by atoms with Gasteiger partial charge in [0.25, 0.3) is 0 Å². The van der Waals surface area contributed by atoms with Crippen LogP contribution in [0.15, 0.2) is 29.6 Å². The summed E-state index contributed by atoms with van der Waals surface area (Å²) in [7, 11) is 0. The zero-order valence-corrected chi connectivity index (χ0v) is 14.7. The molecule has 0 amide bonds. The maximum atomic E-state index is 3.85. The standard InChI is InChI=1S/C19H27NS/c1-6-11-20-15(17-18(2,3)19(17,4)5)14-9-7-8-13-10-12-21-16(13)14/h7-10,12,15,17,20H,6,11H2,1-5H3. The molecule has 0 spiro atoms. The average Bonchev–Trinajstić information content (AvgIpc) is 2.82. The van der Waals surface area contributed by atoms with E-state index in [9.17, 15) is 0 Å². The van der Waals surface area contributed by atoms with E-state index in [0.29, 0.717) is 22.8 Å². The van der Waals surface area contributed by atoms with Crippen LogP contribution in [0.1, 0.15) is 52.6 Å². The third-order valence-electron chi connectivity index (χ3n) is 5.92. The van der Waals surface area contributed by atoms with E-state index in [0.717, 1.165) is 6.54 Å². The number of nitrogens with one attached hydrogen (secondary N) is 1. The van der Waals surface area contributed by atoms with Crippen molar-refractivity contribution in [2.45, 2.75) is 47.1 Å². The molecule has 1 heterocycles. The van der Waals surface area contributed by atoms with Crippen molar-refractivity contribution in [3.8, 4) is 0 Å². The summed E-state index contributed by atoms with van der Waals surface area (Å²) in [4.78, 5) is 0. The van der Waals surface area contributed by atoms with Gasteiger partial charge in [-0.25, -0.2) is 0 Å². The van der Waals surface area contributed by atoms with Crippen LogP contribution in [0.4, 0.5) is 0 Å². The van der Waals surface area contributed by atoms with Crippen LogP contribution in [-0.2, 0) is 0 Å². The lowest BCUT2D eigenvalue weighted by molar-refractivity contribution is 0.412. The third kappa shape index (κ3) is 2.24. The first-order valence-corrected chi connectivity index (χ1v) is 8.98. The number of hydrogen-bond donors (Lipinski definition) is 1. The molecule has 1 fully saturated rings. The van der Waals surface area contributed by atoms with Gasteiger partial charge < -0.3 is 5.32 Å². The fourth-order valence-electron chi connectivity index (χ4n) is 4.05. The van der Waals surface area contributed by atoms with Crippen LogP contribution < -0.4 is 5.32 Å². The van der Waals surface area contributed by atoms with Gasteiger partial charge in [0.15, 0.2) is 0 Å². The molecule has 1 N–H and O–H groups in total. The summed E-state index contributed by atoms with van der Waals surface area (Å²) in [6.07, 6.45) is 1.19. The Morgan fingerprint density at radius 1 is 1.14 bits per heavy atom. The summed E-state index contributed by atoms with van der Waals surface area (Å²) in [6.45, 7) is 13.0. The largest absolute Gasteiger partial charge is 0.310 e. The molecule has 1 nitrogen and oxygen atoms in total. The molecule has 21 heavy (non-hydrogen) atoms. The molecule has 1 unspecified atom stereocenters. The lowest BCUT2D eigenvalue weighted by atomic mass is 9.95. The number of benzene rings is 1. The van der Waals surface area contributed by atoms with Crippen LogP contribution in [0.2, 0.25) is 0 Å². The van der Waals surface area contributed by atoms with Gasteiger partial charge in [0.05, 0.1) is 0 Å². The molecule has 0 aliphatic heterocycles. The fraction of sp³-hybridized carbons (Fsp3) is 0.579. The Hall–Kier alpha value is -0.860. The van der Waals surface area contributed by atoms with E-state index in [1.54, 1.807) is 0 Å². The van der Waals surface area contributed by atoms with Crippen molar-refractivity contribution in [2.24, 2.45) is 16.7 Å². The van der Waals surface area contributed by atoms with E-state index in [2.05, 4.69) is 69.6 Å². The Morgan fingerprint density at radius 3 is 2.48 bits per heavy atom. The molecule has 2 heteroatoms. The number of rotatable bonds is 5. The van der Waals surface area contributed by atoms with Crippen LogP contribution in [0, 0.1) is 16.7 Å². The minimum Gasteiger partial charge on any atom is -0.310 e. The highest BCUT2D eigenvalue weighted by Crippen LogP contribution is 2.72. The molecule has 114 valence electrons. The topological polar surface area (TPSA) is 12.0 Å². The van der Waals surface area contributed by atoms with Gasteiger partial charge in [0.1, 0.15) is 0 Å². The molecule has 1 atom stereocenters. The molecule has 2 aromatic rings. The minimum atomic E-state index is 0.401. The van der Waals surface area contributed by atoms with Crippen molar-refractivity contribution in [2.75, 3.05) is 6.54 Å². The summed E-state index contributed by atoms with van der Waals surface area (Å²) < 4.78 is 1.46. The van der Waals surface area contributed by atoms with Gasteiger partial charge in [-0.05, 0) is 52.1 Å². The summed E-state index contributed by atoms with van der Waals surface area (Å²) in [5.41, 5.74) is 2.30. The van der Waals surface area contributed by atoms with Gasteiger partial charge in [-0.3, -0.25) is 0 Å². The van der Waals surface area contributed by atoms with Crippen molar-refractivity contribution in [3.63, 3.8) is 0 Å². The lowest BCUT2D eigenvalue weighted by Gasteiger charge is -2.22. The average molecular weight is 301 g/mol. The highest BCUT2D eigenvalue weighted by atomic mass is 32.1. The summed E-state index contributed by atoms with van der Waals surface area (Å²) >= 11 is 1.88. The molecule has 1 saturated carbocycles. The predicted octanol–water partition coefficient (Wildman–Crippen LogP) is 5.62. The Morgan fingerprint density at radius 2 is 1.86 bits per heavy atom. The summed E-state index contributed by atoms with van der Waals surface area (Å²) in [6, 6.07) is 9.49. The first-order valence-electron chi connectivity index (χ1n) is 8.10. The maximum absolute atomic E-state index is 3.85. The van der Waals surface area contributed by atoms with E-state index in [1.807, 2.05) is 11.3 Å². The Balaban J connectivity index is 2.03. The molecule has 0 saturated heterocycles. The van der Waals surface area contributed by atoms with Crippen molar-refractivity contribution in [1.29, 1.82) is 0 Å². The third-order valence-corrected chi connectivity index (χ3v) is 6.90. The zero-order valence-electron chi connectivity index (χ0n) is 13.9. The quantitative estimate of drug-likeness (QED) is 0.755. The molecule has 1 aliphatic rings. The van der Waals surface area contributed by atoms with Gasteiger partial charge in [-0.2, -0.15) is 0 Å². The Kier molecular flexibility index (Phi) is 3.66. The van der Waals surface area contributed by atoms with Crippen LogP contribution in [-0.4, -0.2) is 6.54 Å². The summed E-state index contributed by atoms with van der Waals surface area (Å²) in [5, 5.41) is 7.45. The molecular formula is C19H27NS.